The smallest absolute Gasteiger partial charge is 0.168 e. The van der Waals surface area contributed by atoms with Crippen molar-refractivity contribution in [3.8, 4) is 5.75 Å². The van der Waals surface area contributed by atoms with Crippen molar-refractivity contribution in [2.75, 3.05) is 32.7 Å². The molecular formula is C14H22N2OS2. The number of hydrogen-bond acceptors (Lipinski definition) is 3. The van der Waals surface area contributed by atoms with Crippen molar-refractivity contribution < 1.29 is 4.74 Å². The van der Waals surface area contributed by atoms with Gasteiger partial charge in [-0.2, -0.15) is 11.8 Å². The van der Waals surface area contributed by atoms with E-state index in [-0.39, 0.29) is 0 Å². The predicted molar refractivity (Wildman–Crippen MR) is 88.1 cm³/mol. The first kappa shape index (κ1) is 16.1. The summed E-state index contributed by atoms with van der Waals surface area (Å²) < 4.78 is 5.14. The number of methoxy groups -OCH3 is 1. The van der Waals surface area contributed by atoms with Crippen LogP contribution in [0.1, 0.15) is 12.0 Å². The first-order valence-corrected chi connectivity index (χ1v) is 8.08. The van der Waals surface area contributed by atoms with Crippen molar-refractivity contribution in [3.63, 3.8) is 0 Å². The lowest BCUT2D eigenvalue weighted by atomic mass is 10.2. The molecule has 0 spiro atoms. The summed E-state index contributed by atoms with van der Waals surface area (Å²) in [6, 6.07) is 8.06. The van der Waals surface area contributed by atoms with Crippen molar-refractivity contribution in [1.82, 2.24) is 10.2 Å². The van der Waals surface area contributed by atoms with E-state index in [2.05, 4.69) is 28.6 Å². The minimum Gasteiger partial charge on any atom is -0.497 e. The molecule has 0 saturated heterocycles. The molecule has 5 heteroatoms. The molecule has 0 radical (unpaired) electrons. The van der Waals surface area contributed by atoms with Gasteiger partial charge in [-0.1, -0.05) is 12.1 Å². The summed E-state index contributed by atoms with van der Waals surface area (Å²) in [5.74, 6) is 2.04. The number of thiocarbonyl (C=S) groups is 1. The maximum atomic E-state index is 5.36. The largest absolute Gasteiger partial charge is 0.497 e. The van der Waals surface area contributed by atoms with Gasteiger partial charge in [0.05, 0.1) is 7.11 Å². The van der Waals surface area contributed by atoms with Gasteiger partial charge in [0.15, 0.2) is 5.11 Å². The summed E-state index contributed by atoms with van der Waals surface area (Å²) >= 11 is 7.22. The molecule has 1 aromatic carbocycles. The molecule has 0 aliphatic heterocycles. The minimum absolute atomic E-state index is 0.803. The molecule has 1 N–H and O–H groups in total. The van der Waals surface area contributed by atoms with Crippen LogP contribution in [0, 0.1) is 0 Å². The normalized spacial score (nSPS) is 10.1. The monoisotopic (exact) mass is 298 g/mol. The highest BCUT2D eigenvalue weighted by Crippen LogP contribution is 2.12. The molecule has 0 saturated carbocycles. The molecule has 0 aliphatic carbocycles. The molecule has 3 nitrogen and oxygen atoms in total. The lowest BCUT2D eigenvalue weighted by molar-refractivity contribution is 0.414. The van der Waals surface area contributed by atoms with Crippen LogP contribution >= 0.6 is 24.0 Å². The van der Waals surface area contributed by atoms with E-state index in [0.29, 0.717) is 0 Å². The topological polar surface area (TPSA) is 24.5 Å². The van der Waals surface area contributed by atoms with Gasteiger partial charge in [-0.3, -0.25) is 0 Å². The SMILES string of the molecule is COc1ccc(CN(C)C(=S)NCCCSC)cc1. The van der Waals surface area contributed by atoms with Crippen molar-refractivity contribution in [3.05, 3.63) is 29.8 Å². The first-order chi connectivity index (χ1) is 9.17. The van der Waals surface area contributed by atoms with E-state index in [1.165, 1.54) is 5.56 Å². The Morgan fingerprint density at radius 2 is 2.05 bits per heavy atom. The third-order valence-electron chi connectivity index (χ3n) is 2.73. The van der Waals surface area contributed by atoms with E-state index in [4.69, 9.17) is 17.0 Å². The number of thioether (sulfide) groups is 1. The highest BCUT2D eigenvalue weighted by Gasteiger charge is 2.04. The van der Waals surface area contributed by atoms with Crippen molar-refractivity contribution in [1.29, 1.82) is 0 Å². The average Bonchev–Trinajstić information content (AvgIpc) is 2.44. The van der Waals surface area contributed by atoms with Gasteiger partial charge in [-0.25, -0.2) is 0 Å². The highest BCUT2D eigenvalue weighted by molar-refractivity contribution is 7.98. The zero-order valence-electron chi connectivity index (χ0n) is 11.8. The average molecular weight is 298 g/mol. The van der Waals surface area contributed by atoms with Gasteiger partial charge < -0.3 is 15.0 Å². The Balaban J connectivity index is 2.35. The highest BCUT2D eigenvalue weighted by atomic mass is 32.2. The van der Waals surface area contributed by atoms with Gasteiger partial charge in [-0.05, 0) is 48.3 Å². The van der Waals surface area contributed by atoms with Crippen LogP contribution in [0.25, 0.3) is 0 Å². The van der Waals surface area contributed by atoms with Gasteiger partial charge in [0, 0.05) is 20.1 Å². The second-order valence-electron chi connectivity index (χ2n) is 4.28. The predicted octanol–water partition coefficient (Wildman–Crippen LogP) is 2.75. The Morgan fingerprint density at radius 1 is 1.37 bits per heavy atom. The summed E-state index contributed by atoms with van der Waals surface area (Å²) in [7, 11) is 3.68. The van der Waals surface area contributed by atoms with E-state index < -0.39 is 0 Å². The molecule has 0 unspecified atom stereocenters. The van der Waals surface area contributed by atoms with Crippen LogP contribution in [0.15, 0.2) is 24.3 Å². The van der Waals surface area contributed by atoms with Crippen LogP contribution in [0.4, 0.5) is 0 Å². The molecule has 0 amide bonds. The van der Waals surface area contributed by atoms with Gasteiger partial charge in [0.25, 0.3) is 0 Å². The summed E-state index contributed by atoms with van der Waals surface area (Å²) in [5, 5.41) is 4.08. The maximum Gasteiger partial charge on any atom is 0.168 e. The van der Waals surface area contributed by atoms with Gasteiger partial charge in [0.1, 0.15) is 5.75 Å². The Hall–Kier alpha value is -0.940. The van der Waals surface area contributed by atoms with Crippen molar-refractivity contribution in [2.45, 2.75) is 13.0 Å². The number of ether oxygens (including phenoxy) is 1. The standard InChI is InChI=1S/C14H22N2OS2/c1-16(14(18)15-9-4-10-19-3)11-12-5-7-13(17-2)8-6-12/h5-8H,4,9-11H2,1-3H3,(H,15,18). The molecule has 0 atom stereocenters. The summed E-state index contributed by atoms with van der Waals surface area (Å²) in [6.07, 6.45) is 3.26. The Labute approximate surface area is 125 Å². The van der Waals surface area contributed by atoms with Crippen LogP contribution < -0.4 is 10.1 Å². The van der Waals surface area contributed by atoms with E-state index in [0.717, 1.165) is 36.1 Å². The zero-order chi connectivity index (χ0) is 14.1. The fraction of sp³-hybridized carbons (Fsp3) is 0.500. The number of rotatable bonds is 7. The van der Waals surface area contributed by atoms with Crippen LogP contribution in [0.2, 0.25) is 0 Å². The molecule has 19 heavy (non-hydrogen) atoms. The second-order valence-corrected chi connectivity index (χ2v) is 5.65. The van der Waals surface area contributed by atoms with Gasteiger partial charge in [-0.15, -0.1) is 0 Å². The Morgan fingerprint density at radius 3 is 2.63 bits per heavy atom. The lowest BCUT2D eigenvalue weighted by Crippen LogP contribution is -2.37. The number of nitrogens with zero attached hydrogens (tertiary/aromatic N) is 1. The van der Waals surface area contributed by atoms with Crippen LogP contribution in [-0.4, -0.2) is 42.7 Å². The fourth-order valence-corrected chi connectivity index (χ4v) is 2.22. The van der Waals surface area contributed by atoms with Gasteiger partial charge in [0.2, 0.25) is 0 Å². The molecule has 0 fully saturated rings. The third kappa shape index (κ3) is 6.16. The minimum atomic E-state index is 0.803. The maximum absolute atomic E-state index is 5.36. The summed E-state index contributed by atoms with van der Waals surface area (Å²) in [4.78, 5) is 2.05. The van der Waals surface area contributed by atoms with E-state index in [1.54, 1.807) is 7.11 Å². The lowest BCUT2D eigenvalue weighted by Gasteiger charge is -2.21. The van der Waals surface area contributed by atoms with Gasteiger partial charge >= 0.3 is 0 Å². The number of benzene rings is 1. The Bertz CT molecular complexity index is 382. The quantitative estimate of drug-likeness (QED) is 0.616. The zero-order valence-corrected chi connectivity index (χ0v) is 13.4. The first-order valence-electron chi connectivity index (χ1n) is 6.28. The number of nitrogens with one attached hydrogen (secondary N) is 1. The van der Waals surface area contributed by atoms with Crippen molar-refractivity contribution >= 4 is 29.1 Å². The summed E-state index contributed by atoms with van der Waals surface area (Å²) in [5.41, 5.74) is 1.22. The Kier molecular flexibility index (Phi) is 7.67. The van der Waals surface area contributed by atoms with Crippen LogP contribution in [0.3, 0.4) is 0 Å². The molecule has 0 bridgehead atoms. The van der Waals surface area contributed by atoms with E-state index in [1.807, 2.05) is 30.9 Å². The fourth-order valence-electron chi connectivity index (χ4n) is 1.62. The number of hydrogen-bond donors (Lipinski definition) is 1. The van der Waals surface area contributed by atoms with Crippen molar-refractivity contribution in [2.24, 2.45) is 0 Å². The molecule has 0 aliphatic rings. The van der Waals surface area contributed by atoms with E-state index >= 15 is 0 Å². The molecule has 0 heterocycles. The molecule has 1 aromatic rings. The van der Waals surface area contributed by atoms with E-state index in [9.17, 15) is 0 Å². The molecular weight excluding hydrogens is 276 g/mol. The molecule has 0 aromatic heterocycles. The third-order valence-corrected chi connectivity index (χ3v) is 3.88. The molecule has 1 rings (SSSR count). The second kappa shape index (κ2) is 9.04. The van der Waals surface area contributed by atoms with Crippen LogP contribution in [-0.2, 0) is 6.54 Å². The van der Waals surface area contributed by atoms with Crippen LogP contribution in [0.5, 0.6) is 5.75 Å². The molecule has 106 valence electrons. The summed E-state index contributed by atoms with van der Waals surface area (Å²) in [6.45, 7) is 1.74.